The van der Waals surface area contributed by atoms with Crippen molar-refractivity contribution < 1.29 is 9.90 Å². The molecular formula is C25H30N6O2S2. The second-order valence-electron chi connectivity index (χ2n) is 8.98. The Balaban J connectivity index is 1.24. The number of para-hydroxylation sites is 1. The molecule has 1 atom stereocenters. The predicted molar refractivity (Wildman–Crippen MR) is 144 cm³/mol. The van der Waals surface area contributed by atoms with Crippen LogP contribution in [-0.4, -0.2) is 46.7 Å². The topological polar surface area (TPSA) is 130 Å². The number of fused-ring (bicyclic) bond motifs is 2. The van der Waals surface area contributed by atoms with Crippen LogP contribution in [0.1, 0.15) is 52.5 Å². The first kappa shape index (κ1) is 23.9. The highest BCUT2D eigenvalue weighted by Gasteiger charge is 2.24. The van der Waals surface area contributed by atoms with E-state index >= 15 is 0 Å². The lowest BCUT2D eigenvalue weighted by molar-refractivity contribution is 0.100. The fourth-order valence-corrected chi connectivity index (χ4v) is 6.65. The second kappa shape index (κ2) is 10.1. The van der Waals surface area contributed by atoms with Crippen LogP contribution in [0.25, 0.3) is 20.4 Å². The van der Waals surface area contributed by atoms with Gasteiger partial charge in [0.25, 0.3) is 5.91 Å². The number of pyridine rings is 1. The Labute approximate surface area is 212 Å². The molecule has 0 aliphatic carbocycles. The minimum atomic E-state index is -0.616. The van der Waals surface area contributed by atoms with Gasteiger partial charge in [-0.2, -0.15) is 0 Å². The first-order valence-electron chi connectivity index (χ1n) is 12.0. The average molecular weight is 511 g/mol. The molecule has 1 aromatic carbocycles. The standard InChI is InChI=1S/C25H30N6O2S2/c1-2-5-14-12-19(30-25-20(14)21(26)22(35-25)23(27)33)31-10-8-15(9-11-31)28-13-17(32)24-29-16-6-3-4-7-18(16)34-24/h3-4,6-7,12,15,17,28,32H,2,5,8-11,13,26H2,1H3,(H2,27,33). The second-order valence-corrected chi connectivity index (χ2v) is 11.0. The van der Waals surface area contributed by atoms with E-state index in [0.29, 0.717) is 23.2 Å². The fourth-order valence-electron chi connectivity index (χ4n) is 4.71. The summed E-state index contributed by atoms with van der Waals surface area (Å²) in [5, 5.41) is 15.8. The Morgan fingerprint density at radius 3 is 2.74 bits per heavy atom. The molecule has 6 N–H and O–H groups in total. The fraction of sp³-hybridized carbons (Fsp3) is 0.400. The molecule has 184 valence electrons. The monoisotopic (exact) mass is 510 g/mol. The molecule has 10 heteroatoms. The number of rotatable bonds is 8. The van der Waals surface area contributed by atoms with Crippen molar-refractivity contribution in [2.24, 2.45) is 5.73 Å². The van der Waals surface area contributed by atoms with Crippen molar-refractivity contribution in [3.05, 3.63) is 45.8 Å². The molecule has 5 rings (SSSR count). The predicted octanol–water partition coefficient (Wildman–Crippen LogP) is 3.83. The number of hydrogen-bond acceptors (Lipinski definition) is 9. The third-order valence-corrected chi connectivity index (χ3v) is 8.78. The van der Waals surface area contributed by atoms with Gasteiger partial charge in [0.05, 0.1) is 15.9 Å². The maximum absolute atomic E-state index is 11.8. The van der Waals surface area contributed by atoms with Gasteiger partial charge in [-0.3, -0.25) is 4.79 Å². The van der Waals surface area contributed by atoms with Crippen LogP contribution in [0, 0.1) is 0 Å². The summed E-state index contributed by atoms with van der Waals surface area (Å²) in [5.41, 5.74) is 14.3. The molecule has 1 saturated heterocycles. The molecule has 4 heterocycles. The zero-order valence-electron chi connectivity index (χ0n) is 19.7. The number of thiazole rings is 1. The maximum Gasteiger partial charge on any atom is 0.260 e. The van der Waals surface area contributed by atoms with E-state index in [-0.39, 0.29) is 0 Å². The Morgan fingerprint density at radius 2 is 2.03 bits per heavy atom. The summed E-state index contributed by atoms with van der Waals surface area (Å²) in [7, 11) is 0. The van der Waals surface area contributed by atoms with E-state index in [0.717, 1.165) is 75.6 Å². The molecular weight excluding hydrogens is 480 g/mol. The van der Waals surface area contributed by atoms with Crippen LogP contribution in [0.2, 0.25) is 0 Å². The van der Waals surface area contributed by atoms with Crippen LogP contribution in [0.4, 0.5) is 11.5 Å². The lowest BCUT2D eigenvalue weighted by atomic mass is 10.0. The van der Waals surface area contributed by atoms with Gasteiger partial charge in [-0.15, -0.1) is 22.7 Å². The summed E-state index contributed by atoms with van der Waals surface area (Å²) in [4.78, 5) is 24.7. The summed E-state index contributed by atoms with van der Waals surface area (Å²) in [5.74, 6) is 0.417. The first-order chi connectivity index (χ1) is 16.9. The van der Waals surface area contributed by atoms with E-state index in [1.807, 2.05) is 24.3 Å². The number of anilines is 2. The quantitative estimate of drug-likeness (QED) is 0.283. The number of aromatic nitrogens is 2. The molecule has 0 bridgehead atoms. The number of nitrogens with one attached hydrogen (secondary N) is 1. The van der Waals surface area contributed by atoms with E-state index in [2.05, 4.69) is 28.2 Å². The highest BCUT2D eigenvalue weighted by atomic mass is 32.1. The average Bonchev–Trinajstić information content (AvgIpc) is 3.44. The van der Waals surface area contributed by atoms with E-state index in [1.165, 1.54) is 11.3 Å². The number of carbonyl (C=O) groups is 1. The highest BCUT2D eigenvalue weighted by Crippen LogP contribution is 2.37. The van der Waals surface area contributed by atoms with Crippen molar-refractivity contribution in [3.8, 4) is 0 Å². The SMILES string of the molecule is CCCc1cc(N2CCC(NCC(O)c3nc4ccccc4s3)CC2)nc2sc(C(N)=O)c(N)c12. The molecule has 0 radical (unpaired) electrons. The number of amides is 1. The van der Waals surface area contributed by atoms with Gasteiger partial charge in [-0.05, 0) is 43.0 Å². The van der Waals surface area contributed by atoms with Gasteiger partial charge in [0.1, 0.15) is 26.6 Å². The lowest BCUT2D eigenvalue weighted by Crippen LogP contribution is -2.44. The number of primary amides is 1. The number of hydrogen-bond donors (Lipinski definition) is 4. The largest absolute Gasteiger partial charge is 0.397 e. The van der Waals surface area contributed by atoms with E-state index < -0.39 is 12.0 Å². The number of nitrogen functional groups attached to an aromatic ring is 1. The minimum absolute atomic E-state index is 0.327. The zero-order chi connectivity index (χ0) is 24.5. The molecule has 0 saturated carbocycles. The number of aliphatic hydroxyl groups excluding tert-OH is 1. The van der Waals surface area contributed by atoms with E-state index in [1.54, 1.807) is 11.3 Å². The Bertz CT molecular complexity index is 1330. The number of nitrogens with two attached hydrogens (primary N) is 2. The molecule has 1 amide bonds. The minimum Gasteiger partial charge on any atom is -0.397 e. The van der Waals surface area contributed by atoms with Gasteiger partial charge in [0.2, 0.25) is 0 Å². The van der Waals surface area contributed by atoms with Crippen molar-refractivity contribution in [2.45, 2.75) is 44.8 Å². The smallest absolute Gasteiger partial charge is 0.260 e. The lowest BCUT2D eigenvalue weighted by Gasteiger charge is -2.33. The zero-order valence-corrected chi connectivity index (χ0v) is 21.3. The van der Waals surface area contributed by atoms with Crippen LogP contribution < -0.4 is 21.7 Å². The van der Waals surface area contributed by atoms with Crippen LogP contribution in [-0.2, 0) is 6.42 Å². The number of aliphatic hydroxyl groups is 1. The third-order valence-electron chi connectivity index (χ3n) is 6.52. The maximum atomic E-state index is 11.8. The molecule has 8 nitrogen and oxygen atoms in total. The number of carbonyl (C=O) groups excluding carboxylic acids is 1. The van der Waals surface area contributed by atoms with Crippen LogP contribution in [0.5, 0.6) is 0 Å². The molecule has 3 aromatic heterocycles. The van der Waals surface area contributed by atoms with Gasteiger partial charge in [0, 0.05) is 31.1 Å². The van der Waals surface area contributed by atoms with Gasteiger partial charge in [-0.1, -0.05) is 25.5 Å². The first-order valence-corrected chi connectivity index (χ1v) is 13.6. The van der Waals surface area contributed by atoms with Crippen molar-refractivity contribution in [3.63, 3.8) is 0 Å². The van der Waals surface area contributed by atoms with Crippen LogP contribution in [0.15, 0.2) is 30.3 Å². The number of aryl methyl sites for hydroxylation is 1. The normalized spacial score (nSPS) is 15.8. The highest BCUT2D eigenvalue weighted by molar-refractivity contribution is 7.21. The molecule has 0 spiro atoms. The summed E-state index contributed by atoms with van der Waals surface area (Å²) in [6, 6.07) is 10.4. The summed E-state index contributed by atoms with van der Waals surface area (Å²) >= 11 is 2.82. The number of thiophene rings is 1. The van der Waals surface area contributed by atoms with Crippen LogP contribution in [0.3, 0.4) is 0 Å². The Hall–Kier alpha value is -2.79. The van der Waals surface area contributed by atoms with Crippen molar-refractivity contribution in [2.75, 3.05) is 30.3 Å². The van der Waals surface area contributed by atoms with Crippen molar-refractivity contribution in [1.82, 2.24) is 15.3 Å². The number of benzene rings is 1. The van der Waals surface area contributed by atoms with E-state index in [4.69, 9.17) is 16.5 Å². The molecule has 1 aliphatic heterocycles. The number of nitrogens with zero attached hydrogens (tertiary/aromatic N) is 3. The van der Waals surface area contributed by atoms with Gasteiger partial charge in [0.15, 0.2) is 0 Å². The van der Waals surface area contributed by atoms with E-state index in [9.17, 15) is 9.90 Å². The summed E-state index contributed by atoms with van der Waals surface area (Å²) < 4.78 is 1.09. The molecule has 1 fully saturated rings. The molecule has 35 heavy (non-hydrogen) atoms. The van der Waals surface area contributed by atoms with Crippen LogP contribution >= 0.6 is 22.7 Å². The van der Waals surface area contributed by atoms with Crippen molar-refractivity contribution in [1.29, 1.82) is 0 Å². The van der Waals surface area contributed by atoms with Gasteiger partial charge >= 0.3 is 0 Å². The number of piperidine rings is 1. The molecule has 1 aliphatic rings. The third kappa shape index (κ3) is 4.84. The molecule has 4 aromatic rings. The van der Waals surface area contributed by atoms with Gasteiger partial charge in [-0.25, -0.2) is 9.97 Å². The summed E-state index contributed by atoms with van der Waals surface area (Å²) in [6.07, 6.45) is 3.13. The Kier molecular flexibility index (Phi) is 6.88. The molecule has 1 unspecified atom stereocenters. The van der Waals surface area contributed by atoms with Gasteiger partial charge < -0.3 is 26.8 Å². The van der Waals surface area contributed by atoms with Crippen molar-refractivity contribution >= 4 is 60.5 Å². The summed E-state index contributed by atoms with van der Waals surface area (Å²) in [6.45, 7) is 4.34. The Morgan fingerprint density at radius 1 is 1.26 bits per heavy atom.